The predicted octanol–water partition coefficient (Wildman–Crippen LogP) is 1.60. The van der Waals surface area contributed by atoms with Gasteiger partial charge in [-0.2, -0.15) is 0 Å². The van der Waals surface area contributed by atoms with Gasteiger partial charge in [-0.05, 0) is 19.9 Å². The molecule has 2 N–H and O–H groups in total. The molecule has 1 aromatic rings. The summed E-state index contributed by atoms with van der Waals surface area (Å²) in [5.74, 6) is 0.493. The number of nitrogens with one attached hydrogen (secondary N) is 2. The molecule has 0 aliphatic carbocycles. The minimum Gasteiger partial charge on any atom is -0.362 e. The largest absolute Gasteiger partial charge is 0.362 e. The van der Waals surface area contributed by atoms with Crippen LogP contribution in [0.25, 0.3) is 0 Å². The van der Waals surface area contributed by atoms with E-state index in [9.17, 15) is 4.79 Å². The lowest BCUT2D eigenvalue weighted by Crippen LogP contribution is -2.12. The minimum absolute atomic E-state index is 0. The Morgan fingerprint density at radius 3 is 2.60 bits per heavy atom. The molecule has 1 atom stereocenters. The van der Waals surface area contributed by atoms with Gasteiger partial charge in [-0.25, -0.2) is 0 Å². The maximum absolute atomic E-state index is 11.2. The van der Waals surface area contributed by atoms with Gasteiger partial charge >= 0.3 is 0 Å². The van der Waals surface area contributed by atoms with Gasteiger partial charge in [-0.15, -0.1) is 24.8 Å². The Kier molecular flexibility index (Phi) is 5.95. The number of hydrogen-bond acceptors (Lipinski definition) is 2. The molecule has 0 saturated carbocycles. The third-order valence-electron chi connectivity index (χ3n) is 2.50. The average Bonchev–Trinajstić information content (AvgIpc) is 2.53. The van der Waals surface area contributed by atoms with Gasteiger partial charge in [0.05, 0.1) is 0 Å². The fourth-order valence-electron chi connectivity index (χ4n) is 1.85. The molecule has 1 aromatic heterocycles. The van der Waals surface area contributed by atoms with E-state index in [0.717, 1.165) is 30.9 Å². The lowest BCUT2D eigenvalue weighted by Gasteiger charge is -2.08. The summed E-state index contributed by atoms with van der Waals surface area (Å²) in [5, 5.41) is 3.29. The number of aromatic amines is 1. The fraction of sp³-hybridized carbons (Fsp3) is 0.500. The van der Waals surface area contributed by atoms with E-state index in [1.807, 2.05) is 6.92 Å². The minimum atomic E-state index is 0. The van der Waals surface area contributed by atoms with E-state index in [2.05, 4.69) is 10.3 Å². The van der Waals surface area contributed by atoms with Crippen LogP contribution in [0, 0.1) is 6.92 Å². The molecule has 86 valence electrons. The second kappa shape index (κ2) is 6.16. The summed E-state index contributed by atoms with van der Waals surface area (Å²) in [6.45, 7) is 3.97. The molecule has 15 heavy (non-hydrogen) atoms. The first-order chi connectivity index (χ1) is 6.25. The first-order valence-corrected chi connectivity index (χ1v) is 4.67. The maximum atomic E-state index is 11.2. The van der Waals surface area contributed by atoms with E-state index in [4.69, 9.17) is 0 Å². The van der Waals surface area contributed by atoms with Crippen LogP contribution in [-0.4, -0.2) is 18.1 Å². The van der Waals surface area contributed by atoms with Crippen molar-refractivity contribution in [2.24, 2.45) is 0 Å². The van der Waals surface area contributed by atoms with Crippen LogP contribution >= 0.6 is 24.8 Å². The molecule has 1 aliphatic heterocycles. The third-order valence-corrected chi connectivity index (χ3v) is 2.50. The van der Waals surface area contributed by atoms with Crippen LogP contribution in [-0.2, 0) is 0 Å². The van der Waals surface area contributed by atoms with Gasteiger partial charge in [0.1, 0.15) is 0 Å². The Balaban J connectivity index is 0.000000980. The first-order valence-electron chi connectivity index (χ1n) is 4.67. The van der Waals surface area contributed by atoms with Crippen LogP contribution in [0.3, 0.4) is 0 Å². The van der Waals surface area contributed by atoms with Crippen LogP contribution in [0.15, 0.2) is 16.9 Å². The SMILES string of the molecule is Cc1cc(=O)cc(C2CCNC2)[nH]1.Cl.Cl. The van der Waals surface area contributed by atoms with Crippen LogP contribution in [0.2, 0.25) is 0 Å². The molecular formula is C10H16Cl2N2O. The second-order valence-electron chi connectivity index (χ2n) is 3.64. The van der Waals surface area contributed by atoms with Crippen molar-refractivity contribution < 1.29 is 0 Å². The van der Waals surface area contributed by atoms with Crippen LogP contribution < -0.4 is 10.7 Å². The number of aryl methyl sites for hydroxylation is 1. The number of H-pyrrole nitrogens is 1. The maximum Gasteiger partial charge on any atom is 0.182 e. The highest BCUT2D eigenvalue weighted by Crippen LogP contribution is 2.18. The summed E-state index contributed by atoms with van der Waals surface area (Å²) in [4.78, 5) is 14.5. The standard InChI is InChI=1S/C10H14N2O.2ClH/c1-7-4-9(13)5-10(12-7)8-2-3-11-6-8;;/h4-5,8,11H,2-3,6H2,1H3,(H,12,13);2*1H. The quantitative estimate of drug-likeness (QED) is 0.796. The van der Waals surface area contributed by atoms with E-state index < -0.39 is 0 Å². The van der Waals surface area contributed by atoms with Gasteiger partial charge in [-0.1, -0.05) is 0 Å². The molecule has 5 heteroatoms. The third kappa shape index (κ3) is 3.52. The van der Waals surface area contributed by atoms with E-state index in [0.29, 0.717) is 5.92 Å². The highest BCUT2D eigenvalue weighted by Gasteiger charge is 2.17. The monoisotopic (exact) mass is 250 g/mol. The van der Waals surface area contributed by atoms with Gasteiger partial charge in [0.2, 0.25) is 0 Å². The Morgan fingerprint density at radius 1 is 1.33 bits per heavy atom. The molecule has 2 rings (SSSR count). The molecule has 0 bridgehead atoms. The summed E-state index contributed by atoms with van der Waals surface area (Å²) in [6.07, 6.45) is 1.12. The van der Waals surface area contributed by atoms with Crippen molar-refractivity contribution in [3.05, 3.63) is 33.7 Å². The molecule has 1 saturated heterocycles. The Hall–Kier alpha value is -0.510. The summed E-state index contributed by atoms with van der Waals surface area (Å²) in [5.41, 5.74) is 2.14. The number of halogens is 2. The highest BCUT2D eigenvalue weighted by molar-refractivity contribution is 5.85. The van der Waals surface area contributed by atoms with Gasteiger partial charge < -0.3 is 10.3 Å². The van der Waals surface area contributed by atoms with Crippen LogP contribution in [0.5, 0.6) is 0 Å². The van der Waals surface area contributed by atoms with Crippen molar-refractivity contribution in [2.75, 3.05) is 13.1 Å². The first kappa shape index (κ1) is 14.5. The van der Waals surface area contributed by atoms with Crippen molar-refractivity contribution >= 4 is 24.8 Å². The van der Waals surface area contributed by atoms with Gasteiger partial charge in [0.25, 0.3) is 0 Å². The van der Waals surface area contributed by atoms with Crippen molar-refractivity contribution in [1.29, 1.82) is 0 Å². The van der Waals surface area contributed by atoms with Crippen molar-refractivity contribution in [3.8, 4) is 0 Å². The number of aromatic nitrogens is 1. The summed E-state index contributed by atoms with van der Waals surface area (Å²) < 4.78 is 0. The zero-order chi connectivity index (χ0) is 9.26. The molecule has 1 fully saturated rings. The predicted molar refractivity (Wildman–Crippen MR) is 66.5 cm³/mol. The Labute approximate surface area is 101 Å². The van der Waals surface area contributed by atoms with Gasteiger partial charge in [0.15, 0.2) is 5.43 Å². The zero-order valence-corrected chi connectivity index (χ0v) is 10.2. The van der Waals surface area contributed by atoms with Gasteiger partial charge in [-0.3, -0.25) is 4.79 Å². The summed E-state index contributed by atoms with van der Waals surface area (Å²) in [6, 6.07) is 3.34. The topological polar surface area (TPSA) is 44.9 Å². The molecule has 1 unspecified atom stereocenters. The molecule has 1 aliphatic rings. The van der Waals surface area contributed by atoms with Gasteiger partial charge in [0, 0.05) is 36.0 Å². The molecule has 3 nitrogen and oxygen atoms in total. The molecule has 0 radical (unpaired) electrons. The molecular weight excluding hydrogens is 235 g/mol. The lowest BCUT2D eigenvalue weighted by atomic mass is 10.0. The fourth-order valence-corrected chi connectivity index (χ4v) is 1.85. The lowest BCUT2D eigenvalue weighted by molar-refractivity contribution is 0.730. The summed E-state index contributed by atoms with van der Waals surface area (Å²) >= 11 is 0. The Bertz CT molecular complexity index is 359. The number of rotatable bonds is 1. The van der Waals surface area contributed by atoms with Crippen molar-refractivity contribution in [1.82, 2.24) is 10.3 Å². The molecule has 0 spiro atoms. The summed E-state index contributed by atoms with van der Waals surface area (Å²) in [7, 11) is 0. The van der Waals surface area contributed by atoms with Crippen LogP contribution in [0.4, 0.5) is 0 Å². The second-order valence-corrected chi connectivity index (χ2v) is 3.64. The Morgan fingerprint density at radius 2 is 2.07 bits per heavy atom. The number of pyridine rings is 1. The van der Waals surface area contributed by atoms with E-state index >= 15 is 0 Å². The van der Waals surface area contributed by atoms with E-state index in [1.54, 1.807) is 12.1 Å². The van der Waals surface area contributed by atoms with E-state index in [1.165, 1.54) is 0 Å². The highest BCUT2D eigenvalue weighted by atomic mass is 35.5. The van der Waals surface area contributed by atoms with Crippen molar-refractivity contribution in [3.63, 3.8) is 0 Å². The van der Waals surface area contributed by atoms with E-state index in [-0.39, 0.29) is 30.2 Å². The average molecular weight is 251 g/mol. The smallest absolute Gasteiger partial charge is 0.182 e. The molecule has 0 aromatic carbocycles. The normalized spacial score (nSPS) is 19.1. The molecule has 0 amide bonds. The van der Waals surface area contributed by atoms with Crippen LogP contribution in [0.1, 0.15) is 23.7 Å². The molecule has 2 heterocycles. The van der Waals surface area contributed by atoms with Crippen molar-refractivity contribution in [2.45, 2.75) is 19.3 Å². The number of hydrogen-bond donors (Lipinski definition) is 2. The zero-order valence-electron chi connectivity index (χ0n) is 8.58.